The van der Waals surface area contributed by atoms with Crippen LogP contribution in [-0.4, -0.2) is 38.6 Å². The second kappa shape index (κ2) is 4.81. The van der Waals surface area contributed by atoms with Gasteiger partial charge in [0.25, 0.3) is 29.3 Å². The number of fused-ring (bicyclic) bond motifs is 2. The molecule has 2 aliphatic rings. The minimum Gasteiger partial charge on any atom is -0.267 e. The first-order chi connectivity index (χ1) is 11.9. The maximum absolute atomic E-state index is 12.5. The Hall–Kier alpha value is -3.88. The molecule has 0 aromatic heterocycles. The summed E-state index contributed by atoms with van der Waals surface area (Å²) in [4.78, 5) is 60.1. The van der Waals surface area contributed by atoms with Crippen molar-refractivity contribution in [3.8, 4) is 0 Å². The van der Waals surface area contributed by atoms with Gasteiger partial charge in [0.05, 0.1) is 27.2 Å². The Morgan fingerprint density at radius 3 is 1.60 bits per heavy atom. The summed E-state index contributed by atoms with van der Waals surface area (Å²) >= 11 is 0. The molecule has 0 saturated carbocycles. The van der Waals surface area contributed by atoms with E-state index < -0.39 is 28.6 Å². The van der Waals surface area contributed by atoms with E-state index in [0.29, 0.717) is 10.0 Å². The van der Waals surface area contributed by atoms with E-state index in [1.807, 2.05) is 0 Å². The third-order valence-corrected chi connectivity index (χ3v) is 4.03. The highest BCUT2D eigenvalue weighted by Crippen LogP contribution is 2.32. The van der Waals surface area contributed by atoms with Gasteiger partial charge in [0.1, 0.15) is 0 Å². The van der Waals surface area contributed by atoms with Crippen LogP contribution in [-0.2, 0) is 0 Å². The van der Waals surface area contributed by atoms with Crippen LogP contribution in [0.25, 0.3) is 0 Å². The number of imide groups is 2. The van der Waals surface area contributed by atoms with Gasteiger partial charge in [-0.15, -0.1) is 0 Å². The van der Waals surface area contributed by atoms with Gasteiger partial charge in [0, 0.05) is 12.1 Å². The number of hydrogen-bond acceptors (Lipinski definition) is 6. The molecule has 2 aromatic carbocycles. The van der Waals surface area contributed by atoms with Crippen LogP contribution in [0.1, 0.15) is 41.4 Å². The molecule has 4 amide bonds. The van der Waals surface area contributed by atoms with Crippen LogP contribution in [0.5, 0.6) is 0 Å². The van der Waals surface area contributed by atoms with E-state index in [-0.39, 0.29) is 27.9 Å². The summed E-state index contributed by atoms with van der Waals surface area (Å²) in [6, 6.07) is 9.10. The predicted molar refractivity (Wildman–Crippen MR) is 80.5 cm³/mol. The molecule has 2 aliphatic heterocycles. The zero-order chi connectivity index (χ0) is 17.9. The molecular weight excluding hydrogens is 330 g/mol. The summed E-state index contributed by atoms with van der Waals surface area (Å²) < 4.78 is 0. The summed E-state index contributed by atoms with van der Waals surface area (Å²) in [5, 5.41) is 11.8. The van der Waals surface area contributed by atoms with Gasteiger partial charge in [-0.1, -0.05) is 12.1 Å². The number of nitro groups is 1. The lowest BCUT2D eigenvalue weighted by atomic mass is 10.1. The van der Waals surface area contributed by atoms with E-state index in [2.05, 4.69) is 0 Å². The molecule has 0 N–H and O–H groups in total. The molecule has 9 heteroatoms. The van der Waals surface area contributed by atoms with E-state index in [1.165, 1.54) is 12.1 Å². The average molecular weight is 337 g/mol. The minimum atomic E-state index is -0.960. The highest BCUT2D eigenvalue weighted by atomic mass is 16.6. The molecular formula is C16H7N3O6. The molecule has 25 heavy (non-hydrogen) atoms. The number of carbonyl (C=O) groups excluding carboxylic acids is 4. The molecule has 2 aromatic rings. The smallest absolute Gasteiger partial charge is 0.267 e. The largest absolute Gasteiger partial charge is 0.281 e. The van der Waals surface area contributed by atoms with Gasteiger partial charge in [-0.05, 0) is 18.2 Å². The maximum atomic E-state index is 12.5. The topological polar surface area (TPSA) is 118 Å². The van der Waals surface area contributed by atoms with Crippen molar-refractivity contribution in [2.24, 2.45) is 0 Å². The van der Waals surface area contributed by atoms with Crippen molar-refractivity contribution in [3.05, 3.63) is 74.8 Å². The van der Waals surface area contributed by atoms with Gasteiger partial charge >= 0.3 is 0 Å². The second-order valence-corrected chi connectivity index (χ2v) is 5.38. The number of amides is 4. The molecule has 0 fully saturated rings. The first kappa shape index (κ1) is 14.7. The Bertz CT molecular complexity index is 993. The van der Waals surface area contributed by atoms with Crippen molar-refractivity contribution in [2.75, 3.05) is 0 Å². The van der Waals surface area contributed by atoms with E-state index in [1.54, 1.807) is 12.1 Å². The fourth-order valence-corrected chi connectivity index (χ4v) is 2.87. The third kappa shape index (κ3) is 1.83. The van der Waals surface area contributed by atoms with E-state index in [4.69, 9.17) is 0 Å². The number of benzene rings is 2. The number of hydrazine groups is 1. The minimum absolute atomic E-state index is 0.0787. The lowest BCUT2D eigenvalue weighted by Gasteiger charge is -2.23. The van der Waals surface area contributed by atoms with E-state index in [0.717, 1.165) is 18.2 Å². The zero-order valence-electron chi connectivity index (χ0n) is 12.3. The normalized spacial score (nSPS) is 15.7. The Morgan fingerprint density at radius 2 is 1.12 bits per heavy atom. The Balaban J connectivity index is 1.80. The van der Waals surface area contributed by atoms with Gasteiger partial charge in [0.2, 0.25) is 0 Å². The van der Waals surface area contributed by atoms with Crippen molar-refractivity contribution in [2.45, 2.75) is 0 Å². The quantitative estimate of drug-likeness (QED) is 0.464. The summed E-state index contributed by atoms with van der Waals surface area (Å²) in [6.07, 6.45) is 0. The van der Waals surface area contributed by atoms with Crippen molar-refractivity contribution in [1.29, 1.82) is 0 Å². The van der Waals surface area contributed by atoms with Crippen LogP contribution < -0.4 is 0 Å². The summed E-state index contributed by atoms with van der Waals surface area (Å²) in [6.45, 7) is 0. The summed E-state index contributed by atoms with van der Waals surface area (Å²) in [7, 11) is 0. The fourth-order valence-electron chi connectivity index (χ4n) is 2.87. The molecule has 9 nitrogen and oxygen atoms in total. The van der Waals surface area contributed by atoms with Crippen LogP contribution in [0.3, 0.4) is 0 Å². The molecule has 0 radical (unpaired) electrons. The van der Waals surface area contributed by atoms with Crippen molar-refractivity contribution in [3.63, 3.8) is 0 Å². The SMILES string of the molecule is O=C1c2ccccc2C(=O)N1N1C(=O)c2ccc([N+](=O)[O-])cc2C1=O. The van der Waals surface area contributed by atoms with Crippen molar-refractivity contribution in [1.82, 2.24) is 10.0 Å². The Labute approximate surface area is 139 Å². The second-order valence-electron chi connectivity index (χ2n) is 5.38. The summed E-state index contributed by atoms with van der Waals surface area (Å²) in [5.74, 6) is -3.45. The number of carbonyl (C=O) groups is 4. The maximum Gasteiger partial charge on any atom is 0.281 e. The third-order valence-electron chi connectivity index (χ3n) is 4.03. The number of hydrogen-bond donors (Lipinski definition) is 0. The van der Waals surface area contributed by atoms with Crippen LogP contribution in [0.15, 0.2) is 42.5 Å². The Morgan fingerprint density at radius 1 is 0.680 bits per heavy atom. The van der Waals surface area contributed by atoms with E-state index >= 15 is 0 Å². The molecule has 2 heterocycles. The average Bonchev–Trinajstić information content (AvgIpc) is 3.00. The monoisotopic (exact) mass is 337 g/mol. The molecule has 0 spiro atoms. The van der Waals surface area contributed by atoms with Gasteiger partial charge in [-0.2, -0.15) is 10.0 Å². The molecule has 0 aliphatic carbocycles. The van der Waals surface area contributed by atoms with Gasteiger partial charge in [-0.25, -0.2) is 0 Å². The summed E-state index contributed by atoms with van der Waals surface area (Å²) in [5.41, 5.74) is -0.544. The lowest BCUT2D eigenvalue weighted by Crippen LogP contribution is -2.49. The van der Waals surface area contributed by atoms with Gasteiger partial charge in [-0.3, -0.25) is 29.3 Å². The Kier molecular flexibility index (Phi) is 2.83. The molecule has 0 unspecified atom stereocenters. The standard InChI is InChI=1S/C16H7N3O6/c20-13-9-3-1-2-4-10(9)14(21)17(13)18-15(22)11-6-5-8(19(24)25)7-12(11)16(18)23/h1-7H. The van der Waals surface area contributed by atoms with Crippen LogP contribution in [0, 0.1) is 10.1 Å². The van der Waals surface area contributed by atoms with E-state index in [9.17, 15) is 29.3 Å². The van der Waals surface area contributed by atoms with Crippen LogP contribution in [0.4, 0.5) is 5.69 Å². The van der Waals surface area contributed by atoms with Crippen molar-refractivity contribution < 1.29 is 24.1 Å². The lowest BCUT2D eigenvalue weighted by molar-refractivity contribution is -0.384. The first-order valence-corrected chi connectivity index (χ1v) is 7.07. The number of nitrogens with zero attached hydrogens (tertiary/aromatic N) is 3. The van der Waals surface area contributed by atoms with Crippen molar-refractivity contribution >= 4 is 29.3 Å². The highest BCUT2D eigenvalue weighted by molar-refractivity contribution is 6.28. The first-order valence-electron chi connectivity index (χ1n) is 7.07. The molecule has 0 bridgehead atoms. The number of non-ortho nitro benzene ring substituents is 1. The van der Waals surface area contributed by atoms with Gasteiger partial charge in [0.15, 0.2) is 0 Å². The van der Waals surface area contributed by atoms with Crippen LogP contribution >= 0.6 is 0 Å². The molecule has 4 rings (SSSR count). The molecule has 122 valence electrons. The molecule has 0 atom stereocenters. The zero-order valence-corrected chi connectivity index (χ0v) is 12.3. The number of rotatable bonds is 2. The fraction of sp³-hybridized carbons (Fsp3) is 0. The van der Waals surface area contributed by atoms with Crippen LogP contribution in [0.2, 0.25) is 0 Å². The number of nitro benzene ring substituents is 1. The molecule has 0 saturated heterocycles. The predicted octanol–water partition coefficient (Wildman–Crippen LogP) is 1.40. The van der Waals surface area contributed by atoms with Gasteiger partial charge < -0.3 is 0 Å². The highest BCUT2D eigenvalue weighted by Gasteiger charge is 2.48.